The molecule has 4 nitrogen and oxygen atoms in total. The van der Waals surface area contributed by atoms with E-state index in [1.54, 1.807) is 5.57 Å². The molecular weight excluding hydrogens is 482 g/mol. The van der Waals surface area contributed by atoms with Gasteiger partial charge in [-0.1, -0.05) is 93.9 Å². The maximum Gasteiger partial charge on any atom is 0.157 e. The van der Waals surface area contributed by atoms with Crippen molar-refractivity contribution in [3.8, 4) is 5.75 Å². The largest absolute Gasteiger partial charge is 0.393 e. The smallest absolute Gasteiger partial charge is 0.157 e. The SMILES string of the molecule is C=C1C(=CC=C2CCC[C@]3(C)C([C@H](C)CCCC(=NOc4ccccc4)C(C)(C)C)=CC[C@@H]23)C[C@H](O)C[C@H]1O. The fourth-order valence-electron chi connectivity index (χ4n) is 6.96. The number of aliphatic hydroxyl groups is 2. The van der Waals surface area contributed by atoms with Crippen LogP contribution in [0.1, 0.15) is 92.4 Å². The van der Waals surface area contributed by atoms with Gasteiger partial charge in [-0.25, -0.2) is 0 Å². The first kappa shape index (κ1) is 29.6. The van der Waals surface area contributed by atoms with Crippen LogP contribution in [0.25, 0.3) is 0 Å². The second-order valence-electron chi connectivity index (χ2n) is 13.3. The molecule has 0 unspecified atom stereocenters. The minimum absolute atomic E-state index is 0.0327. The molecule has 0 saturated heterocycles. The number of allylic oxidation sites excluding steroid dienone is 5. The highest BCUT2D eigenvalue weighted by Gasteiger charge is 2.45. The van der Waals surface area contributed by atoms with Crippen LogP contribution in [0.4, 0.5) is 0 Å². The molecule has 0 amide bonds. The second-order valence-corrected chi connectivity index (χ2v) is 13.3. The molecule has 4 rings (SSSR count). The molecule has 39 heavy (non-hydrogen) atoms. The van der Waals surface area contributed by atoms with Crippen molar-refractivity contribution in [3.05, 3.63) is 77.4 Å². The van der Waals surface area contributed by atoms with Crippen molar-refractivity contribution in [2.75, 3.05) is 0 Å². The summed E-state index contributed by atoms with van der Waals surface area (Å²) in [6.07, 6.45) is 14.7. The van der Waals surface area contributed by atoms with Gasteiger partial charge in [0, 0.05) is 11.8 Å². The van der Waals surface area contributed by atoms with Gasteiger partial charge in [0.25, 0.3) is 0 Å². The van der Waals surface area contributed by atoms with E-state index in [9.17, 15) is 10.2 Å². The number of para-hydroxylation sites is 1. The molecule has 3 aliphatic rings. The van der Waals surface area contributed by atoms with E-state index in [1.807, 2.05) is 30.3 Å². The lowest BCUT2D eigenvalue weighted by Gasteiger charge is -2.42. The normalized spacial score (nSPS) is 30.8. The summed E-state index contributed by atoms with van der Waals surface area (Å²) in [5.74, 6) is 1.86. The van der Waals surface area contributed by atoms with Gasteiger partial charge in [0.15, 0.2) is 5.75 Å². The molecule has 0 spiro atoms. The van der Waals surface area contributed by atoms with Crippen molar-refractivity contribution in [3.63, 3.8) is 0 Å². The van der Waals surface area contributed by atoms with Crippen LogP contribution >= 0.6 is 0 Å². The Bertz CT molecular complexity index is 1140. The van der Waals surface area contributed by atoms with Crippen molar-refractivity contribution in [1.82, 2.24) is 0 Å². The molecule has 1 aromatic rings. The van der Waals surface area contributed by atoms with E-state index in [4.69, 9.17) is 4.84 Å². The first-order chi connectivity index (χ1) is 18.5. The Morgan fingerprint density at radius 2 is 1.95 bits per heavy atom. The third kappa shape index (κ3) is 7.02. The van der Waals surface area contributed by atoms with Crippen LogP contribution in [0.5, 0.6) is 5.75 Å². The molecule has 0 bridgehead atoms. The first-order valence-electron chi connectivity index (χ1n) is 14.9. The Balaban J connectivity index is 1.39. The number of nitrogens with zero attached hydrogens (tertiary/aromatic N) is 1. The number of aliphatic hydroxyl groups excluding tert-OH is 2. The zero-order valence-electron chi connectivity index (χ0n) is 24.7. The van der Waals surface area contributed by atoms with E-state index in [2.05, 4.69) is 64.6 Å². The van der Waals surface area contributed by atoms with E-state index in [0.717, 1.165) is 54.7 Å². The van der Waals surface area contributed by atoms with E-state index >= 15 is 0 Å². The van der Waals surface area contributed by atoms with Crippen molar-refractivity contribution >= 4 is 5.71 Å². The Hall–Kier alpha value is -2.43. The Labute approximate surface area is 236 Å². The Morgan fingerprint density at radius 1 is 1.21 bits per heavy atom. The lowest BCUT2D eigenvalue weighted by molar-refractivity contribution is 0.0862. The van der Waals surface area contributed by atoms with Crippen molar-refractivity contribution in [1.29, 1.82) is 0 Å². The van der Waals surface area contributed by atoms with Gasteiger partial charge in [-0.05, 0) is 91.9 Å². The van der Waals surface area contributed by atoms with E-state index in [1.165, 1.54) is 18.4 Å². The summed E-state index contributed by atoms with van der Waals surface area (Å²) in [7, 11) is 0. The van der Waals surface area contributed by atoms with E-state index in [0.29, 0.717) is 24.7 Å². The van der Waals surface area contributed by atoms with Crippen LogP contribution in [0, 0.1) is 22.7 Å². The summed E-state index contributed by atoms with van der Waals surface area (Å²) in [5.41, 5.74) is 6.19. The first-order valence-corrected chi connectivity index (χ1v) is 14.9. The average molecular weight is 532 g/mol. The zero-order chi connectivity index (χ0) is 28.2. The lowest BCUT2D eigenvalue weighted by atomic mass is 9.62. The Kier molecular flexibility index (Phi) is 9.39. The second kappa shape index (κ2) is 12.4. The standard InChI is InChI=1S/C35H49NO3/c1-24(12-10-16-33(34(3,4)5)36-39-29-14-8-7-9-15-29)30-19-20-31-26(13-11-21-35(30,31)6)17-18-27-22-28(37)23-32(38)25(27)2/h7-9,14-15,17-19,24,28,31-32,37-38H,2,10-13,16,20-23H2,1,3-6H3/t24-,28+,31+,32-,35-/m1/s1. The third-order valence-corrected chi connectivity index (χ3v) is 9.33. The number of benzene rings is 1. The highest BCUT2D eigenvalue weighted by Crippen LogP contribution is 2.57. The van der Waals surface area contributed by atoms with Crippen LogP contribution in [0.15, 0.2) is 82.6 Å². The molecule has 2 fully saturated rings. The molecule has 3 aliphatic carbocycles. The number of fused-ring (bicyclic) bond motifs is 1. The van der Waals surface area contributed by atoms with Crippen LogP contribution in [-0.4, -0.2) is 28.1 Å². The topological polar surface area (TPSA) is 62.0 Å². The Morgan fingerprint density at radius 3 is 2.67 bits per heavy atom. The molecule has 2 saturated carbocycles. The predicted octanol–water partition coefficient (Wildman–Crippen LogP) is 8.34. The van der Waals surface area contributed by atoms with Crippen molar-refractivity contribution < 1.29 is 15.1 Å². The highest BCUT2D eigenvalue weighted by molar-refractivity contribution is 5.88. The van der Waals surface area contributed by atoms with Crippen LogP contribution < -0.4 is 4.84 Å². The molecular formula is C35H49NO3. The van der Waals surface area contributed by atoms with E-state index < -0.39 is 12.2 Å². The monoisotopic (exact) mass is 531 g/mol. The predicted molar refractivity (Wildman–Crippen MR) is 162 cm³/mol. The summed E-state index contributed by atoms with van der Waals surface area (Å²) in [6.45, 7) is 15.6. The molecule has 5 atom stereocenters. The molecule has 0 aliphatic heterocycles. The van der Waals surface area contributed by atoms with Crippen molar-refractivity contribution in [2.45, 2.75) is 105 Å². The molecule has 0 radical (unpaired) electrons. The quantitative estimate of drug-likeness (QED) is 0.201. The number of hydrogen-bond acceptors (Lipinski definition) is 4. The molecule has 0 heterocycles. The zero-order valence-corrected chi connectivity index (χ0v) is 24.7. The summed E-state index contributed by atoms with van der Waals surface area (Å²) in [4.78, 5) is 5.77. The average Bonchev–Trinajstić information content (AvgIpc) is 3.24. The maximum absolute atomic E-state index is 10.2. The minimum atomic E-state index is -0.635. The summed E-state index contributed by atoms with van der Waals surface area (Å²) in [6, 6.07) is 9.80. The van der Waals surface area contributed by atoms with Gasteiger partial charge in [-0.15, -0.1) is 0 Å². The van der Waals surface area contributed by atoms with Gasteiger partial charge < -0.3 is 15.1 Å². The van der Waals surface area contributed by atoms with Gasteiger partial charge >= 0.3 is 0 Å². The fraction of sp³-hybridized carbons (Fsp3) is 0.571. The summed E-state index contributed by atoms with van der Waals surface area (Å²) in [5, 5.41) is 24.9. The number of hydrogen-bond donors (Lipinski definition) is 2. The van der Waals surface area contributed by atoms with Crippen LogP contribution in [0.2, 0.25) is 0 Å². The molecule has 1 aromatic carbocycles. The third-order valence-electron chi connectivity index (χ3n) is 9.33. The van der Waals surface area contributed by atoms with Gasteiger partial charge in [0.1, 0.15) is 0 Å². The van der Waals surface area contributed by atoms with Crippen LogP contribution in [0.3, 0.4) is 0 Å². The summed E-state index contributed by atoms with van der Waals surface area (Å²) < 4.78 is 0. The van der Waals surface area contributed by atoms with Gasteiger partial charge in [0.05, 0.1) is 17.9 Å². The molecule has 4 heteroatoms. The lowest BCUT2D eigenvalue weighted by Crippen LogP contribution is -2.32. The fourth-order valence-corrected chi connectivity index (χ4v) is 6.96. The minimum Gasteiger partial charge on any atom is -0.393 e. The molecule has 2 N–H and O–H groups in total. The molecule has 0 aromatic heterocycles. The van der Waals surface area contributed by atoms with Gasteiger partial charge in [0.2, 0.25) is 0 Å². The molecule has 212 valence electrons. The maximum atomic E-state index is 10.2. The van der Waals surface area contributed by atoms with Crippen molar-refractivity contribution in [2.24, 2.45) is 27.8 Å². The summed E-state index contributed by atoms with van der Waals surface area (Å²) >= 11 is 0. The van der Waals surface area contributed by atoms with Gasteiger partial charge in [-0.3, -0.25) is 0 Å². The number of rotatable bonds is 8. The van der Waals surface area contributed by atoms with E-state index in [-0.39, 0.29) is 10.8 Å². The van der Waals surface area contributed by atoms with Crippen LogP contribution in [-0.2, 0) is 0 Å². The van der Waals surface area contributed by atoms with Gasteiger partial charge in [-0.2, -0.15) is 0 Å². The highest BCUT2D eigenvalue weighted by atomic mass is 16.6. The number of oxime groups is 1.